The van der Waals surface area contributed by atoms with Crippen LogP contribution in [0.1, 0.15) is 86.4 Å². The Hall–Kier alpha value is -5.65. The first-order chi connectivity index (χ1) is 27.4. The zero-order valence-corrected chi connectivity index (χ0v) is 30.8. The van der Waals surface area contributed by atoms with Gasteiger partial charge in [0, 0.05) is 11.8 Å². The van der Waals surface area contributed by atoms with Crippen molar-refractivity contribution in [3.8, 4) is 0 Å². The van der Waals surface area contributed by atoms with Crippen molar-refractivity contribution < 1.29 is 52.4 Å². The van der Waals surface area contributed by atoms with Gasteiger partial charge < -0.3 is 28.4 Å². The third-order valence-corrected chi connectivity index (χ3v) is 10.6. The normalized spacial score (nSPS) is 26.1. The molecule has 290 valence electrons. The van der Waals surface area contributed by atoms with Crippen molar-refractivity contribution in [2.75, 3.05) is 6.61 Å². The number of carbonyl (C=O) groups excluding carboxylic acids is 5. The van der Waals surface area contributed by atoms with Crippen LogP contribution in [0.3, 0.4) is 0 Å². The molecule has 0 aromatic heterocycles. The lowest BCUT2D eigenvalue weighted by molar-refractivity contribution is -0.311. The molecule has 3 fully saturated rings. The first kappa shape index (κ1) is 38.6. The Labute approximate surface area is 325 Å². The maximum absolute atomic E-state index is 13.9. The fourth-order valence-electron chi connectivity index (χ4n) is 7.74. The van der Waals surface area contributed by atoms with Gasteiger partial charge in [0.05, 0.1) is 28.4 Å². The van der Waals surface area contributed by atoms with E-state index in [4.69, 9.17) is 28.4 Å². The van der Waals surface area contributed by atoms with Gasteiger partial charge in [-0.2, -0.15) is 0 Å². The lowest BCUT2D eigenvalue weighted by Gasteiger charge is -2.45. The second-order valence-electron chi connectivity index (χ2n) is 14.3. The van der Waals surface area contributed by atoms with Crippen molar-refractivity contribution in [2.24, 2.45) is 11.8 Å². The van der Waals surface area contributed by atoms with Crippen LogP contribution in [-0.4, -0.2) is 73.1 Å². The summed E-state index contributed by atoms with van der Waals surface area (Å²) in [5, 5.41) is 0. The van der Waals surface area contributed by atoms with E-state index in [-0.39, 0.29) is 34.0 Å². The second kappa shape index (κ2) is 18.3. The number of ether oxygens (including phenoxy) is 6. The molecule has 0 N–H and O–H groups in total. The van der Waals surface area contributed by atoms with E-state index in [9.17, 15) is 24.0 Å². The van der Waals surface area contributed by atoms with E-state index < -0.39 is 73.2 Å². The second-order valence-corrected chi connectivity index (χ2v) is 14.3. The lowest BCUT2D eigenvalue weighted by atomic mass is 9.89. The molecular weight excluding hydrogens is 716 g/mol. The van der Waals surface area contributed by atoms with Crippen LogP contribution in [-0.2, 0) is 33.2 Å². The van der Waals surface area contributed by atoms with E-state index in [1.165, 1.54) is 0 Å². The summed E-state index contributed by atoms with van der Waals surface area (Å²) in [5.74, 6) is -3.36. The average Bonchev–Trinajstić information content (AvgIpc) is 3.51. The Kier molecular flexibility index (Phi) is 12.6. The summed E-state index contributed by atoms with van der Waals surface area (Å²) in [4.78, 5) is 68.7. The highest BCUT2D eigenvalue weighted by Gasteiger charge is 2.55. The highest BCUT2D eigenvalue weighted by atomic mass is 16.7. The predicted molar refractivity (Wildman–Crippen MR) is 202 cm³/mol. The Bertz CT molecular complexity index is 1950. The molecule has 11 heteroatoms. The van der Waals surface area contributed by atoms with Crippen molar-refractivity contribution in [1.29, 1.82) is 0 Å². The molecule has 0 amide bonds. The van der Waals surface area contributed by atoms with Crippen molar-refractivity contribution in [3.63, 3.8) is 0 Å². The Morgan fingerprint density at radius 3 is 1.50 bits per heavy atom. The van der Waals surface area contributed by atoms with Gasteiger partial charge in [0.15, 0.2) is 24.6 Å². The maximum atomic E-state index is 13.9. The summed E-state index contributed by atoms with van der Waals surface area (Å²) in [6, 6.07) is 33.0. The molecule has 8 atom stereocenters. The number of hydrogen-bond donors (Lipinski definition) is 0. The van der Waals surface area contributed by atoms with Gasteiger partial charge in [-0.15, -0.1) is 0 Å². The summed E-state index contributed by atoms with van der Waals surface area (Å²) in [7, 11) is 0. The lowest BCUT2D eigenvalue weighted by Crippen LogP contribution is -2.63. The molecule has 1 saturated heterocycles. The summed E-state index contributed by atoms with van der Waals surface area (Å²) in [6.45, 7) is -0.464. The van der Waals surface area contributed by atoms with Gasteiger partial charge in [0.1, 0.15) is 18.5 Å². The van der Waals surface area contributed by atoms with Gasteiger partial charge in [-0.25, -0.2) is 19.2 Å². The molecule has 0 unspecified atom stereocenters. The van der Waals surface area contributed by atoms with Gasteiger partial charge in [-0.3, -0.25) is 4.79 Å². The average molecular weight is 761 g/mol. The number of Topliss-reactive ketones (excluding diaryl/α,β-unsaturated/α-hetero) is 1. The van der Waals surface area contributed by atoms with E-state index in [2.05, 4.69) is 0 Å². The van der Waals surface area contributed by atoms with Crippen LogP contribution in [0.25, 0.3) is 0 Å². The molecule has 0 radical (unpaired) electrons. The minimum Gasteiger partial charge on any atom is -0.459 e. The molecule has 3 aliphatic rings. The first-order valence-electron chi connectivity index (χ1n) is 19.2. The molecular formula is C45H44O11. The van der Waals surface area contributed by atoms with Gasteiger partial charge in [-0.1, -0.05) is 92.1 Å². The van der Waals surface area contributed by atoms with Crippen LogP contribution in [0, 0.1) is 11.8 Å². The Morgan fingerprint density at radius 2 is 0.964 bits per heavy atom. The molecule has 1 heterocycles. The van der Waals surface area contributed by atoms with Crippen LogP contribution in [0.15, 0.2) is 121 Å². The monoisotopic (exact) mass is 760 g/mol. The minimum absolute atomic E-state index is 0.0541. The van der Waals surface area contributed by atoms with Crippen LogP contribution in [0.5, 0.6) is 0 Å². The van der Waals surface area contributed by atoms with Crippen LogP contribution >= 0.6 is 0 Å². The molecule has 2 aliphatic carbocycles. The minimum atomic E-state index is -1.54. The topological polar surface area (TPSA) is 141 Å². The molecule has 1 aliphatic heterocycles. The van der Waals surface area contributed by atoms with E-state index in [0.29, 0.717) is 12.8 Å². The molecule has 4 aromatic rings. The quantitative estimate of drug-likeness (QED) is 0.113. The van der Waals surface area contributed by atoms with Crippen molar-refractivity contribution >= 4 is 29.7 Å². The Balaban J connectivity index is 1.29. The highest BCUT2D eigenvalue weighted by molar-refractivity contribution is 5.91. The molecule has 7 rings (SSSR count). The van der Waals surface area contributed by atoms with Crippen LogP contribution < -0.4 is 0 Å². The molecule has 2 saturated carbocycles. The third kappa shape index (κ3) is 9.23. The zero-order chi connectivity index (χ0) is 38.9. The Morgan fingerprint density at radius 1 is 0.518 bits per heavy atom. The smallest absolute Gasteiger partial charge is 0.338 e. The number of fused-ring (bicyclic) bond motifs is 2. The largest absolute Gasteiger partial charge is 0.459 e. The number of rotatable bonds is 11. The van der Waals surface area contributed by atoms with Crippen molar-refractivity contribution in [3.05, 3.63) is 144 Å². The van der Waals surface area contributed by atoms with Gasteiger partial charge >= 0.3 is 23.9 Å². The van der Waals surface area contributed by atoms with E-state index in [1.54, 1.807) is 121 Å². The number of hydrogen-bond acceptors (Lipinski definition) is 11. The van der Waals surface area contributed by atoms with Gasteiger partial charge in [0.25, 0.3) is 0 Å². The SMILES string of the molecule is O=C(OC[C@H]1O[C@H](O[C@@H]2CCC[C@H]3CCCC[C@@H]2C3=O)[C@H](OC(=O)c2ccccc2)[C@@H](OC(=O)c2ccccc2)[C@@H]1OC(=O)c1ccccc1)c1ccccc1. The summed E-state index contributed by atoms with van der Waals surface area (Å²) in [6.07, 6.45) is -2.58. The van der Waals surface area contributed by atoms with Crippen molar-refractivity contribution in [1.82, 2.24) is 0 Å². The van der Waals surface area contributed by atoms with Gasteiger partial charge in [0.2, 0.25) is 0 Å². The fraction of sp³-hybridized carbons (Fsp3) is 0.356. The molecule has 0 spiro atoms. The number of esters is 4. The standard InChI is InChI=1S/C45H44O11/c46-37-29-16-13-14-26-34(37)35(27-15-25-29)52-45-40(56-44(50)33-23-11-4-12-24-33)39(55-43(49)32-21-9-3-10-22-32)38(54-42(48)31-19-7-2-8-20-31)36(53-45)28-51-41(47)30-17-5-1-6-18-30/h1-12,17-24,29,34-36,38-40,45H,13-16,25-28H2/t29-,34+,35-,36-,38-,39+,40-,45+/m1/s1. The first-order valence-corrected chi connectivity index (χ1v) is 19.2. The van der Waals surface area contributed by atoms with E-state index in [1.807, 2.05) is 0 Å². The van der Waals surface area contributed by atoms with E-state index >= 15 is 0 Å². The highest BCUT2D eigenvalue weighted by Crippen LogP contribution is 2.39. The molecule has 4 aromatic carbocycles. The van der Waals surface area contributed by atoms with Crippen LogP contribution in [0.2, 0.25) is 0 Å². The number of ketones is 1. The van der Waals surface area contributed by atoms with Gasteiger partial charge in [-0.05, 0) is 74.2 Å². The summed E-state index contributed by atoms with van der Waals surface area (Å²) < 4.78 is 37.6. The van der Waals surface area contributed by atoms with Crippen LogP contribution in [0.4, 0.5) is 0 Å². The fourth-order valence-corrected chi connectivity index (χ4v) is 7.74. The molecule has 11 nitrogen and oxygen atoms in total. The van der Waals surface area contributed by atoms with E-state index in [0.717, 1.165) is 32.1 Å². The maximum Gasteiger partial charge on any atom is 0.338 e. The molecule has 2 bridgehead atoms. The van der Waals surface area contributed by atoms with Crippen molar-refractivity contribution in [2.45, 2.75) is 81.8 Å². The number of benzene rings is 4. The third-order valence-electron chi connectivity index (χ3n) is 10.6. The number of carbonyl (C=O) groups is 5. The predicted octanol–water partition coefficient (Wildman–Crippen LogP) is 7.19. The zero-order valence-electron chi connectivity index (χ0n) is 30.8. The summed E-state index contributed by atoms with van der Waals surface area (Å²) >= 11 is 0. The molecule has 56 heavy (non-hydrogen) atoms. The summed E-state index contributed by atoms with van der Waals surface area (Å²) in [5.41, 5.74) is 0.850.